The predicted octanol–water partition coefficient (Wildman–Crippen LogP) is 1.90. The van der Waals surface area contributed by atoms with Crippen LogP contribution < -0.4 is 16.0 Å². The molecule has 4 aromatic rings. The summed E-state index contributed by atoms with van der Waals surface area (Å²) in [6, 6.07) is 17.2. The SMILES string of the molecule is CC(C)[C@H]1NC(=O)c2cncc(c2)CCCNC(=O)CN(C(=O)Cn2nc3ccccc3n2)C[C@@H](Cc2ccccc2)NC1=O. The minimum atomic E-state index is -0.844. The molecule has 1 aliphatic heterocycles. The highest BCUT2D eigenvalue weighted by Crippen LogP contribution is 2.12. The van der Waals surface area contributed by atoms with Gasteiger partial charge in [-0.15, -0.1) is 0 Å². The summed E-state index contributed by atoms with van der Waals surface area (Å²) in [6.07, 6.45) is 4.75. The number of carbonyl (C=O) groups excluding carboxylic acids is 4. The Kier molecular flexibility index (Phi) is 10.1. The molecule has 12 nitrogen and oxygen atoms in total. The van der Waals surface area contributed by atoms with Crippen LogP contribution in [0.25, 0.3) is 11.0 Å². The maximum atomic E-state index is 13.8. The van der Waals surface area contributed by atoms with Crippen LogP contribution in [0.3, 0.4) is 0 Å². The van der Waals surface area contributed by atoms with Crippen LogP contribution in [0.5, 0.6) is 0 Å². The summed E-state index contributed by atoms with van der Waals surface area (Å²) in [5.74, 6) is -1.70. The number of fused-ring (bicyclic) bond motifs is 3. The molecule has 0 fully saturated rings. The molecule has 0 aliphatic carbocycles. The highest BCUT2D eigenvalue weighted by Gasteiger charge is 2.29. The van der Waals surface area contributed by atoms with E-state index in [9.17, 15) is 19.2 Å². The molecule has 3 heterocycles. The number of benzene rings is 2. The Balaban J connectivity index is 1.44. The van der Waals surface area contributed by atoms with Crippen molar-refractivity contribution in [3.63, 3.8) is 0 Å². The number of hydrogen-bond acceptors (Lipinski definition) is 7. The smallest absolute Gasteiger partial charge is 0.253 e. The fourth-order valence-corrected chi connectivity index (χ4v) is 5.33. The van der Waals surface area contributed by atoms with Crippen molar-refractivity contribution in [2.24, 2.45) is 5.92 Å². The van der Waals surface area contributed by atoms with Crippen molar-refractivity contribution >= 4 is 34.7 Å². The van der Waals surface area contributed by atoms with Gasteiger partial charge in [-0.05, 0) is 54.5 Å². The summed E-state index contributed by atoms with van der Waals surface area (Å²) in [4.78, 5) is 60.8. The summed E-state index contributed by atoms with van der Waals surface area (Å²) in [5, 5.41) is 17.7. The first-order valence-electron chi connectivity index (χ1n) is 15.2. The summed E-state index contributed by atoms with van der Waals surface area (Å²) in [7, 11) is 0. The van der Waals surface area contributed by atoms with Crippen LogP contribution in [0, 0.1) is 5.92 Å². The number of aryl methyl sites for hydroxylation is 1. The van der Waals surface area contributed by atoms with E-state index in [-0.39, 0.29) is 43.3 Å². The van der Waals surface area contributed by atoms with Gasteiger partial charge < -0.3 is 20.9 Å². The Bertz CT molecular complexity index is 1620. The molecule has 3 N–H and O–H groups in total. The van der Waals surface area contributed by atoms with Gasteiger partial charge in [0.25, 0.3) is 5.91 Å². The lowest BCUT2D eigenvalue weighted by Crippen LogP contribution is -2.56. The lowest BCUT2D eigenvalue weighted by Gasteiger charge is -2.30. The molecule has 4 amide bonds. The van der Waals surface area contributed by atoms with E-state index in [0.29, 0.717) is 42.4 Å². The first-order valence-corrected chi connectivity index (χ1v) is 15.2. The van der Waals surface area contributed by atoms with Gasteiger partial charge in [0.05, 0.1) is 18.2 Å². The zero-order valence-electron chi connectivity index (χ0n) is 25.5. The number of aromatic nitrogens is 4. The molecule has 2 bridgehead atoms. The molecule has 1 aliphatic rings. The number of carbonyl (C=O) groups is 4. The van der Waals surface area contributed by atoms with E-state index >= 15 is 0 Å². The highest BCUT2D eigenvalue weighted by molar-refractivity contribution is 5.97. The average Bonchev–Trinajstić information content (AvgIpc) is 3.44. The van der Waals surface area contributed by atoms with Gasteiger partial charge in [-0.3, -0.25) is 24.2 Å². The largest absolute Gasteiger partial charge is 0.355 e. The van der Waals surface area contributed by atoms with Gasteiger partial charge >= 0.3 is 0 Å². The maximum Gasteiger partial charge on any atom is 0.253 e. The number of pyridine rings is 1. The fourth-order valence-electron chi connectivity index (χ4n) is 5.33. The molecule has 234 valence electrons. The van der Waals surface area contributed by atoms with Crippen LogP contribution in [0.15, 0.2) is 73.1 Å². The van der Waals surface area contributed by atoms with Gasteiger partial charge in [0, 0.05) is 25.5 Å². The van der Waals surface area contributed by atoms with Gasteiger partial charge in [-0.1, -0.05) is 56.3 Å². The molecule has 2 atom stereocenters. The van der Waals surface area contributed by atoms with Crippen molar-refractivity contribution in [1.29, 1.82) is 0 Å². The number of amides is 4. The van der Waals surface area contributed by atoms with Crippen molar-refractivity contribution in [3.8, 4) is 0 Å². The Morgan fingerprint density at radius 3 is 2.38 bits per heavy atom. The minimum Gasteiger partial charge on any atom is -0.355 e. The van der Waals surface area contributed by atoms with Crippen molar-refractivity contribution in [2.75, 3.05) is 19.6 Å². The van der Waals surface area contributed by atoms with E-state index in [0.717, 1.165) is 11.1 Å². The van der Waals surface area contributed by atoms with Crippen LogP contribution in [-0.2, 0) is 33.8 Å². The second-order valence-corrected chi connectivity index (χ2v) is 11.6. The third-order valence-corrected chi connectivity index (χ3v) is 7.66. The topological polar surface area (TPSA) is 151 Å². The number of nitrogens with one attached hydrogen (secondary N) is 3. The summed E-state index contributed by atoms with van der Waals surface area (Å²) < 4.78 is 0. The quantitative estimate of drug-likeness (QED) is 0.312. The summed E-state index contributed by atoms with van der Waals surface area (Å²) >= 11 is 0. The number of hydrogen-bond donors (Lipinski definition) is 3. The molecule has 2 aromatic carbocycles. The standard InChI is InChI=1S/C33H38N8O4/c1-22(2)31-33(45)36-26(16-23-9-4-3-5-10-23)19-40(30(43)21-41-38-27-12-6-7-13-28(27)39-41)20-29(42)35-14-8-11-24-15-25(18-34-17-24)32(44)37-31/h3-7,9-10,12-13,15,17-18,22,26,31H,8,11,14,16,19-21H2,1-2H3,(H,35,42)(H,36,45)(H,37,44)/t26-,31-/m1/s1. The lowest BCUT2D eigenvalue weighted by atomic mass is 10.0. The van der Waals surface area contributed by atoms with E-state index < -0.39 is 18.0 Å². The van der Waals surface area contributed by atoms with Gasteiger partial charge in [0.2, 0.25) is 17.7 Å². The number of nitrogens with zero attached hydrogens (tertiary/aromatic N) is 5. The monoisotopic (exact) mass is 610 g/mol. The zero-order valence-corrected chi connectivity index (χ0v) is 25.5. The van der Waals surface area contributed by atoms with Crippen LogP contribution in [0.2, 0.25) is 0 Å². The van der Waals surface area contributed by atoms with Gasteiger partial charge in [-0.25, -0.2) is 0 Å². The fraction of sp³-hybridized carbons (Fsp3) is 0.364. The molecular formula is C33H38N8O4. The Morgan fingerprint density at radius 1 is 0.956 bits per heavy atom. The molecule has 0 radical (unpaired) electrons. The molecule has 0 saturated carbocycles. The third kappa shape index (κ3) is 8.49. The summed E-state index contributed by atoms with van der Waals surface area (Å²) in [5.41, 5.74) is 3.45. The van der Waals surface area contributed by atoms with Crippen LogP contribution in [-0.4, -0.2) is 80.2 Å². The third-order valence-electron chi connectivity index (χ3n) is 7.66. The van der Waals surface area contributed by atoms with E-state index in [1.165, 1.54) is 15.9 Å². The van der Waals surface area contributed by atoms with E-state index in [1.54, 1.807) is 12.3 Å². The second kappa shape index (κ2) is 14.6. The van der Waals surface area contributed by atoms with Crippen molar-refractivity contribution < 1.29 is 19.2 Å². The molecular weight excluding hydrogens is 572 g/mol. The molecule has 2 aromatic heterocycles. The van der Waals surface area contributed by atoms with Gasteiger partial charge in [0.1, 0.15) is 23.6 Å². The molecule has 5 rings (SSSR count). The molecule has 0 spiro atoms. The van der Waals surface area contributed by atoms with Crippen molar-refractivity contribution in [3.05, 3.63) is 89.7 Å². The molecule has 0 unspecified atom stereocenters. The first kappa shape index (κ1) is 31.3. The Labute approximate surface area is 261 Å². The normalized spacial score (nSPS) is 18.6. The maximum absolute atomic E-state index is 13.8. The number of rotatable bonds is 5. The minimum absolute atomic E-state index is 0.0527. The van der Waals surface area contributed by atoms with Crippen molar-refractivity contribution in [1.82, 2.24) is 40.8 Å². The van der Waals surface area contributed by atoms with Crippen LogP contribution in [0.1, 0.15) is 41.8 Å². The van der Waals surface area contributed by atoms with Crippen LogP contribution in [0.4, 0.5) is 0 Å². The second-order valence-electron chi connectivity index (χ2n) is 11.6. The van der Waals surface area contributed by atoms with Crippen molar-refractivity contribution in [2.45, 2.75) is 51.7 Å². The van der Waals surface area contributed by atoms with E-state index in [1.807, 2.05) is 68.4 Å². The lowest BCUT2D eigenvalue weighted by molar-refractivity contribution is -0.137. The van der Waals surface area contributed by atoms with E-state index in [2.05, 4.69) is 31.1 Å². The first-order chi connectivity index (χ1) is 21.7. The summed E-state index contributed by atoms with van der Waals surface area (Å²) in [6.45, 7) is 3.76. The average molecular weight is 611 g/mol. The Hall–Kier alpha value is -5.13. The highest BCUT2D eigenvalue weighted by atomic mass is 16.2. The van der Waals surface area contributed by atoms with Gasteiger partial charge in [-0.2, -0.15) is 15.0 Å². The van der Waals surface area contributed by atoms with Crippen LogP contribution >= 0.6 is 0 Å². The predicted molar refractivity (Wildman–Crippen MR) is 168 cm³/mol. The zero-order chi connectivity index (χ0) is 31.8. The molecule has 12 heteroatoms. The van der Waals surface area contributed by atoms with Gasteiger partial charge in [0.15, 0.2) is 0 Å². The molecule has 45 heavy (non-hydrogen) atoms. The van der Waals surface area contributed by atoms with E-state index in [4.69, 9.17) is 0 Å². The molecule has 0 saturated heterocycles. The Morgan fingerprint density at radius 2 is 1.67 bits per heavy atom.